The summed E-state index contributed by atoms with van der Waals surface area (Å²) in [5, 5.41) is 6.40. The van der Waals surface area contributed by atoms with Crippen LogP contribution in [-0.4, -0.2) is 25.1 Å². The highest BCUT2D eigenvalue weighted by Crippen LogP contribution is 2.28. The molecule has 2 N–H and O–H groups in total. The molecular weight excluding hydrogens is 474 g/mol. The number of amides is 2. The zero-order valence-electron chi connectivity index (χ0n) is 17.6. The summed E-state index contributed by atoms with van der Waals surface area (Å²) in [4.78, 5) is 24.0. The molecule has 3 aromatic rings. The Hall–Kier alpha value is -3.65. The number of nitrogens with one attached hydrogen (secondary N) is 2. The van der Waals surface area contributed by atoms with E-state index < -0.39 is 11.8 Å². The predicted molar refractivity (Wildman–Crippen MR) is 127 cm³/mol. The van der Waals surface area contributed by atoms with Gasteiger partial charge in [-0.2, -0.15) is 5.10 Å². The number of carbonyl (C=O) groups is 2. The molecule has 0 fully saturated rings. The van der Waals surface area contributed by atoms with Gasteiger partial charge in [-0.25, -0.2) is 5.43 Å². The van der Waals surface area contributed by atoms with E-state index in [2.05, 4.69) is 31.8 Å². The number of methoxy groups -OCH3 is 1. The van der Waals surface area contributed by atoms with Crippen LogP contribution in [0.15, 0.2) is 76.3 Å². The number of nitrogens with zero attached hydrogens (tertiary/aromatic N) is 1. The molecule has 0 radical (unpaired) electrons. The summed E-state index contributed by atoms with van der Waals surface area (Å²) < 4.78 is 12.2. The lowest BCUT2D eigenvalue weighted by Gasteiger charge is -2.11. The maximum Gasteiger partial charge on any atom is 0.329 e. The fourth-order valence-corrected chi connectivity index (χ4v) is 3.00. The maximum atomic E-state index is 12.0. The van der Waals surface area contributed by atoms with Crippen molar-refractivity contribution in [3.63, 3.8) is 0 Å². The number of ether oxygens (including phenoxy) is 2. The minimum absolute atomic E-state index is 0.392. The second-order valence-electron chi connectivity index (χ2n) is 6.79. The Morgan fingerprint density at radius 2 is 1.75 bits per heavy atom. The second kappa shape index (κ2) is 11.1. The highest BCUT2D eigenvalue weighted by Gasteiger charge is 2.13. The van der Waals surface area contributed by atoms with Crippen LogP contribution < -0.4 is 20.2 Å². The van der Waals surface area contributed by atoms with Gasteiger partial charge in [0.05, 0.1) is 13.3 Å². The standard InChI is InChI=1S/C24H22BrN3O4/c1-16-5-3-4-6-20(16)27-23(29)24(30)28-26-14-18-9-12-21(22(13-18)31-2)32-15-17-7-10-19(25)11-8-17/h3-14H,15H2,1-2H3,(H,27,29)(H,28,30)/b26-14-. The lowest BCUT2D eigenvalue weighted by Crippen LogP contribution is -2.32. The van der Waals surface area contributed by atoms with Gasteiger partial charge in [-0.3, -0.25) is 9.59 Å². The van der Waals surface area contributed by atoms with Crippen LogP contribution in [0, 0.1) is 6.92 Å². The Balaban J connectivity index is 1.57. The molecular formula is C24H22BrN3O4. The summed E-state index contributed by atoms with van der Waals surface area (Å²) in [5.41, 5.74) is 5.32. The van der Waals surface area contributed by atoms with Crippen molar-refractivity contribution in [2.75, 3.05) is 12.4 Å². The molecule has 0 heterocycles. The predicted octanol–water partition coefficient (Wildman–Crippen LogP) is 4.43. The first kappa shape index (κ1) is 23.0. The monoisotopic (exact) mass is 495 g/mol. The van der Waals surface area contributed by atoms with Crippen LogP contribution >= 0.6 is 15.9 Å². The molecule has 32 heavy (non-hydrogen) atoms. The van der Waals surface area contributed by atoms with Gasteiger partial charge in [0, 0.05) is 10.2 Å². The van der Waals surface area contributed by atoms with Gasteiger partial charge in [-0.05, 0) is 60.0 Å². The topological polar surface area (TPSA) is 89.0 Å². The molecule has 8 heteroatoms. The molecule has 0 aliphatic heterocycles. The molecule has 3 aromatic carbocycles. The fourth-order valence-electron chi connectivity index (χ4n) is 2.73. The van der Waals surface area contributed by atoms with E-state index in [4.69, 9.17) is 9.47 Å². The van der Waals surface area contributed by atoms with Gasteiger partial charge in [0.1, 0.15) is 6.61 Å². The van der Waals surface area contributed by atoms with Crippen LogP contribution in [0.2, 0.25) is 0 Å². The number of benzene rings is 3. The van der Waals surface area contributed by atoms with Crippen LogP contribution in [0.25, 0.3) is 0 Å². The largest absolute Gasteiger partial charge is 0.493 e. The van der Waals surface area contributed by atoms with Crippen molar-refractivity contribution in [3.05, 3.63) is 87.9 Å². The average molecular weight is 496 g/mol. The van der Waals surface area contributed by atoms with Gasteiger partial charge in [-0.15, -0.1) is 0 Å². The van der Waals surface area contributed by atoms with Crippen LogP contribution in [0.4, 0.5) is 5.69 Å². The van der Waals surface area contributed by atoms with Crippen molar-refractivity contribution < 1.29 is 19.1 Å². The molecule has 0 aliphatic rings. The smallest absolute Gasteiger partial charge is 0.329 e. The highest BCUT2D eigenvalue weighted by atomic mass is 79.9. The number of hydrogen-bond acceptors (Lipinski definition) is 5. The number of para-hydroxylation sites is 1. The maximum absolute atomic E-state index is 12.0. The highest BCUT2D eigenvalue weighted by molar-refractivity contribution is 9.10. The van der Waals surface area contributed by atoms with E-state index in [0.717, 1.165) is 15.6 Å². The Kier molecular flexibility index (Phi) is 7.99. The molecule has 0 bridgehead atoms. The molecule has 2 amide bonds. The van der Waals surface area contributed by atoms with E-state index in [1.807, 2.05) is 43.3 Å². The summed E-state index contributed by atoms with van der Waals surface area (Å²) in [6, 6.07) is 20.3. The van der Waals surface area contributed by atoms with Crippen molar-refractivity contribution in [2.24, 2.45) is 5.10 Å². The number of carbonyl (C=O) groups excluding carboxylic acids is 2. The van der Waals surface area contributed by atoms with Crippen molar-refractivity contribution in [2.45, 2.75) is 13.5 Å². The van der Waals surface area contributed by atoms with E-state index in [9.17, 15) is 9.59 Å². The SMILES string of the molecule is COc1cc(/C=N\NC(=O)C(=O)Nc2ccccc2C)ccc1OCc1ccc(Br)cc1. The Labute approximate surface area is 194 Å². The number of halogens is 1. The molecule has 7 nitrogen and oxygen atoms in total. The summed E-state index contributed by atoms with van der Waals surface area (Å²) in [5.74, 6) is -0.569. The van der Waals surface area contributed by atoms with E-state index in [1.165, 1.54) is 6.21 Å². The molecule has 0 saturated carbocycles. The van der Waals surface area contributed by atoms with E-state index >= 15 is 0 Å². The molecule has 0 spiro atoms. The number of hydrogen-bond donors (Lipinski definition) is 2. The molecule has 0 saturated heterocycles. The quantitative estimate of drug-likeness (QED) is 0.288. The van der Waals surface area contributed by atoms with E-state index in [-0.39, 0.29) is 0 Å². The number of aryl methyl sites for hydroxylation is 1. The van der Waals surface area contributed by atoms with Gasteiger partial charge >= 0.3 is 11.8 Å². The van der Waals surface area contributed by atoms with E-state index in [1.54, 1.807) is 37.4 Å². The van der Waals surface area contributed by atoms with Crippen molar-refractivity contribution in [1.29, 1.82) is 0 Å². The Bertz CT molecular complexity index is 1130. The first-order valence-corrected chi connectivity index (χ1v) is 10.5. The minimum atomic E-state index is -0.870. The van der Waals surface area contributed by atoms with Gasteiger partial charge in [0.15, 0.2) is 11.5 Å². The van der Waals surface area contributed by atoms with Gasteiger partial charge in [0.25, 0.3) is 0 Å². The summed E-state index contributed by atoms with van der Waals surface area (Å²) >= 11 is 3.41. The molecule has 0 atom stereocenters. The average Bonchev–Trinajstić information content (AvgIpc) is 2.80. The van der Waals surface area contributed by atoms with Crippen molar-refractivity contribution >= 4 is 39.6 Å². The van der Waals surface area contributed by atoms with Gasteiger partial charge < -0.3 is 14.8 Å². The van der Waals surface area contributed by atoms with Crippen LogP contribution in [0.5, 0.6) is 11.5 Å². The molecule has 0 aromatic heterocycles. The molecule has 3 rings (SSSR count). The Morgan fingerprint density at radius 1 is 1.00 bits per heavy atom. The number of rotatable bonds is 7. The second-order valence-corrected chi connectivity index (χ2v) is 7.71. The fraction of sp³-hybridized carbons (Fsp3) is 0.125. The van der Waals surface area contributed by atoms with Crippen molar-refractivity contribution in [3.8, 4) is 11.5 Å². The first-order chi connectivity index (χ1) is 15.5. The lowest BCUT2D eigenvalue weighted by molar-refractivity contribution is -0.136. The van der Waals surface area contributed by atoms with E-state index in [0.29, 0.717) is 29.4 Å². The molecule has 0 unspecified atom stereocenters. The van der Waals surface area contributed by atoms with Crippen LogP contribution in [-0.2, 0) is 16.2 Å². The van der Waals surface area contributed by atoms with Crippen LogP contribution in [0.3, 0.4) is 0 Å². The first-order valence-electron chi connectivity index (χ1n) is 9.71. The van der Waals surface area contributed by atoms with Gasteiger partial charge in [-0.1, -0.05) is 46.3 Å². The molecule has 164 valence electrons. The zero-order chi connectivity index (χ0) is 22.9. The van der Waals surface area contributed by atoms with Crippen molar-refractivity contribution in [1.82, 2.24) is 5.43 Å². The van der Waals surface area contributed by atoms with Crippen LogP contribution in [0.1, 0.15) is 16.7 Å². The third-order valence-electron chi connectivity index (χ3n) is 4.47. The zero-order valence-corrected chi connectivity index (χ0v) is 19.2. The number of hydrazone groups is 1. The van der Waals surface area contributed by atoms with Gasteiger partial charge in [0.2, 0.25) is 0 Å². The Morgan fingerprint density at radius 3 is 2.47 bits per heavy atom. The third-order valence-corrected chi connectivity index (χ3v) is 5.00. The molecule has 0 aliphatic carbocycles. The third kappa shape index (κ3) is 6.42. The number of anilines is 1. The summed E-state index contributed by atoms with van der Waals surface area (Å²) in [6.45, 7) is 2.23. The lowest BCUT2D eigenvalue weighted by atomic mass is 10.2. The minimum Gasteiger partial charge on any atom is -0.493 e. The summed E-state index contributed by atoms with van der Waals surface area (Å²) in [7, 11) is 1.54. The summed E-state index contributed by atoms with van der Waals surface area (Å²) in [6.07, 6.45) is 1.42. The normalized spacial score (nSPS) is 10.6.